The van der Waals surface area contributed by atoms with Gasteiger partial charge in [0.05, 0.1) is 16.3 Å². The third-order valence-electron chi connectivity index (χ3n) is 8.54. The Labute approximate surface area is 299 Å². The second kappa shape index (κ2) is 15.9. The van der Waals surface area contributed by atoms with Crippen LogP contribution in [-0.2, 0) is 16.0 Å². The Bertz CT molecular complexity index is 2000. The number of aromatic carboxylic acids is 1. The maximum Gasteiger partial charge on any atom is 0.335 e. The molecule has 4 aromatic rings. The van der Waals surface area contributed by atoms with Crippen LogP contribution in [-0.4, -0.2) is 72.3 Å². The van der Waals surface area contributed by atoms with Crippen molar-refractivity contribution in [2.24, 2.45) is 5.73 Å². The number of rotatable bonds is 11. The number of nitrogens with zero attached hydrogens (tertiary/aromatic N) is 2. The summed E-state index contributed by atoms with van der Waals surface area (Å²) in [6.45, 7) is 2.86. The molecule has 4 aromatic carbocycles. The number of carbonyl (C=O) groups excluding carboxylic acids is 3. The van der Waals surface area contributed by atoms with Gasteiger partial charge < -0.3 is 36.6 Å². The molecule has 13 heteroatoms. The Morgan fingerprint density at radius 1 is 0.941 bits per heavy atom. The van der Waals surface area contributed by atoms with Crippen molar-refractivity contribution in [2.45, 2.75) is 19.4 Å². The normalized spacial score (nSPS) is 14.3. The number of carbonyl (C=O) groups is 4. The van der Waals surface area contributed by atoms with E-state index in [2.05, 4.69) is 16.0 Å². The third kappa shape index (κ3) is 8.36. The third-order valence-corrected chi connectivity index (χ3v) is 8.83. The number of nitrogens with one attached hydrogen (secondary N) is 3. The van der Waals surface area contributed by atoms with Gasteiger partial charge in [-0.1, -0.05) is 48.0 Å². The van der Waals surface area contributed by atoms with Gasteiger partial charge in [0.2, 0.25) is 0 Å². The molecule has 1 atom stereocenters. The molecule has 1 unspecified atom stereocenters. The predicted octanol–water partition coefficient (Wildman–Crippen LogP) is 5.50. The minimum absolute atomic E-state index is 0.0283. The second-order valence-corrected chi connectivity index (χ2v) is 12.7. The van der Waals surface area contributed by atoms with Crippen molar-refractivity contribution in [1.82, 2.24) is 15.1 Å². The highest BCUT2D eigenvalue weighted by molar-refractivity contribution is 6.31. The Kier molecular flexibility index (Phi) is 11.4. The van der Waals surface area contributed by atoms with E-state index in [4.69, 9.17) is 17.3 Å². The van der Waals surface area contributed by atoms with E-state index in [1.54, 1.807) is 30.3 Å². The molecular weight excluding hydrogens is 675 g/mol. The van der Waals surface area contributed by atoms with Gasteiger partial charge in [-0.2, -0.15) is 0 Å². The smallest absolute Gasteiger partial charge is 0.335 e. The summed E-state index contributed by atoms with van der Waals surface area (Å²) < 4.78 is 14.6. The zero-order valence-electron chi connectivity index (χ0n) is 28.3. The number of fused-ring (bicyclic) bond motifs is 1. The van der Waals surface area contributed by atoms with Crippen LogP contribution in [0.3, 0.4) is 0 Å². The number of carboxylic acid groups (broad SMARTS) is 1. The lowest BCUT2D eigenvalue weighted by Gasteiger charge is -2.37. The lowest BCUT2D eigenvalue weighted by atomic mass is 9.85. The van der Waals surface area contributed by atoms with Crippen LogP contribution in [0.2, 0.25) is 5.02 Å². The molecule has 0 fully saturated rings. The van der Waals surface area contributed by atoms with Crippen LogP contribution < -0.4 is 21.7 Å². The predicted molar refractivity (Wildman–Crippen MR) is 195 cm³/mol. The van der Waals surface area contributed by atoms with E-state index in [9.17, 15) is 28.7 Å². The fraction of sp³-hybridized carbons (Fsp3) is 0.211. The number of halogens is 2. The van der Waals surface area contributed by atoms with Crippen LogP contribution in [0, 0.1) is 5.82 Å². The van der Waals surface area contributed by atoms with Crippen LogP contribution in [0.25, 0.3) is 11.1 Å². The van der Waals surface area contributed by atoms with E-state index in [-0.39, 0.29) is 40.1 Å². The van der Waals surface area contributed by atoms with Crippen molar-refractivity contribution in [3.8, 4) is 11.1 Å². The van der Waals surface area contributed by atoms with Gasteiger partial charge in [0.15, 0.2) is 5.82 Å². The summed E-state index contributed by atoms with van der Waals surface area (Å²) in [7, 11) is 3.86. The van der Waals surface area contributed by atoms with Crippen LogP contribution in [0.4, 0.5) is 15.8 Å². The summed E-state index contributed by atoms with van der Waals surface area (Å²) in [4.78, 5) is 55.6. The molecule has 3 amide bonds. The van der Waals surface area contributed by atoms with Crippen molar-refractivity contribution in [3.63, 3.8) is 0 Å². The first kappa shape index (κ1) is 36.6. The Balaban J connectivity index is 1.48. The molecule has 51 heavy (non-hydrogen) atoms. The molecule has 1 heterocycles. The van der Waals surface area contributed by atoms with Crippen LogP contribution >= 0.6 is 11.6 Å². The average Bonchev–Trinajstić information content (AvgIpc) is 3.12. The topological polar surface area (TPSA) is 157 Å². The summed E-state index contributed by atoms with van der Waals surface area (Å²) >= 11 is 5.93. The first-order chi connectivity index (χ1) is 24.3. The van der Waals surface area contributed by atoms with E-state index in [0.717, 1.165) is 16.7 Å². The molecule has 0 radical (unpaired) electrons. The van der Waals surface area contributed by atoms with Crippen LogP contribution in [0.15, 0.2) is 96.3 Å². The van der Waals surface area contributed by atoms with Gasteiger partial charge >= 0.3 is 5.97 Å². The highest BCUT2D eigenvalue weighted by atomic mass is 35.5. The number of hydrogen-bond acceptors (Lipinski definition) is 7. The minimum atomic E-state index is -1.14. The van der Waals surface area contributed by atoms with Gasteiger partial charge in [0.25, 0.3) is 17.7 Å². The van der Waals surface area contributed by atoms with E-state index in [1.807, 2.05) is 37.2 Å². The Hall–Kier alpha value is -5.72. The summed E-state index contributed by atoms with van der Waals surface area (Å²) in [6.07, 6.45) is 0.379. The zero-order valence-corrected chi connectivity index (χ0v) is 29.1. The fourth-order valence-electron chi connectivity index (χ4n) is 5.83. The molecule has 0 saturated heterocycles. The maximum atomic E-state index is 14.6. The first-order valence-corrected chi connectivity index (χ1v) is 16.5. The second-order valence-electron chi connectivity index (χ2n) is 12.3. The standard InChI is InChI=1S/C38H38ClFN6O5/c1-22(43-31-9-5-8-30(39)32(31)40)33(41)37(49)46-20-18-28-27(23-10-12-24(13-11-23)35(47)42-19-21-45(2)3)6-4-7-29(28)34(46)36(48)44-26-16-14-25(15-17-26)38(50)51/h4-17,34,43H,18-21,41H2,1-3H3,(H,42,47)(H,44,48)(H,50,51)/b33-22-. The van der Waals surface area contributed by atoms with E-state index in [1.165, 1.54) is 48.2 Å². The SMILES string of the molecule is C/C(Nc1cccc(Cl)c1F)=C(/N)C(=O)N1CCc2c(-c3ccc(C(=O)NCCN(C)C)cc3)cccc2C1C(=O)Nc1ccc(C(=O)O)cc1. The lowest BCUT2D eigenvalue weighted by Crippen LogP contribution is -2.47. The highest BCUT2D eigenvalue weighted by Gasteiger charge is 2.38. The largest absolute Gasteiger partial charge is 0.478 e. The van der Waals surface area contributed by atoms with E-state index in [0.29, 0.717) is 36.3 Å². The number of hydrogen-bond donors (Lipinski definition) is 5. The molecule has 0 bridgehead atoms. The number of likely N-dealkylation sites (N-methyl/N-ethyl adjacent to an activating group) is 1. The molecule has 1 aliphatic rings. The average molecular weight is 713 g/mol. The molecule has 5 rings (SSSR count). The summed E-state index contributed by atoms with van der Waals surface area (Å²) in [5, 5.41) is 17.7. The van der Waals surface area contributed by atoms with Gasteiger partial charge in [-0.25, -0.2) is 9.18 Å². The fourth-order valence-corrected chi connectivity index (χ4v) is 6.00. The van der Waals surface area contributed by atoms with Gasteiger partial charge in [0.1, 0.15) is 11.7 Å². The molecule has 1 aliphatic heterocycles. The van der Waals surface area contributed by atoms with Gasteiger partial charge in [-0.15, -0.1) is 0 Å². The summed E-state index contributed by atoms with van der Waals surface area (Å²) in [5.41, 5.74) is 10.3. The molecular formula is C38H38ClFN6O5. The van der Waals surface area contributed by atoms with E-state index >= 15 is 0 Å². The van der Waals surface area contributed by atoms with Crippen molar-refractivity contribution >= 4 is 46.7 Å². The molecule has 6 N–H and O–H groups in total. The number of anilines is 2. The Morgan fingerprint density at radius 2 is 1.61 bits per heavy atom. The van der Waals surface area contributed by atoms with Gasteiger partial charge in [-0.3, -0.25) is 14.4 Å². The van der Waals surface area contributed by atoms with E-state index < -0.39 is 29.6 Å². The van der Waals surface area contributed by atoms with Crippen LogP contribution in [0.5, 0.6) is 0 Å². The number of carboxylic acids is 1. The molecule has 11 nitrogen and oxygen atoms in total. The minimum Gasteiger partial charge on any atom is -0.478 e. The molecule has 0 aromatic heterocycles. The monoisotopic (exact) mass is 712 g/mol. The highest BCUT2D eigenvalue weighted by Crippen LogP contribution is 2.38. The van der Waals surface area contributed by atoms with Crippen LogP contribution in [0.1, 0.15) is 44.8 Å². The van der Waals surface area contributed by atoms with Crippen molar-refractivity contribution in [2.75, 3.05) is 44.4 Å². The van der Waals surface area contributed by atoms with Crippen molar-refractivity contribution in [3.05, 3.63) is 129 Å². The Morgan fingerprint density at radius 3 is 2.27 bits per heavy atom. The zero-order chi connectivity index (χ0) is 36.8. The number of amides is 3. The number of allylic oxidation sites excluding steroid dienone is 1. The summed E-state index contributed by atoms with van der Waals surface area (Å²) in [5.74, 6) is -3.20. The maximum absolute atomic E-state index is 14.6. The first-order valence-electron chi connectivity index (χ1n) is 16.1. The lowest BCUT2D eigenvalue weighted by molar-refractivity contribution is -0.136. The van der Waals surface area contributed by atoms with Gasteiger partial charge in [0, 0.05) is 36.6 Å². The molecule has 264 valence electrons. The number of benzene rings is 4. The van der Waals surface area contributed by atoms with Gasteiger partial charge in [-0.05, 0) is 98.2 Å². The number of nitrogens with two attached hydrogens (primary N) is 1. The molecule has 0 saturated carbocycles. The molecule has 0 spiro atoms. The van der Waals surface area contributed by atoms with Crippen molar-refractivity contribution in [1.29, 1.82) is 0 Å². The summed E-state index contributed by atoms with van der Waals surface area (Å²) in [6, 6.07) is 21.6. The van der Waals surface area contributed by atoms with Crippen molar-refractivity contribution < 1.29 is 28.7 Å². The quantitative estimate of drug-likeness (QED) is 0.128. The molecule has 0 aliphatic carbocycles.